The van der Waals surface area contributed by atoms with Gasteiger partial charge in [0.25, 0.3) is 5.91 Å². The van der Waals surface area contributed by atoms with Crippen LogP contribution in [0.3, 0.4) is 0 Å². The summed E-state index contributed by atoms with van der Waals surface area (Å²) in [5, 5.41) is 10.1. The number of rotatable bonds is 2. The van der Waals surface area contributed by atoms with Crippen molar-refractivity contribution in [1.29, 1.82) is 0 Å². The predicted molar refractivity (Wildman–Crippen MR) is 83.6 cm³/mol. The summed E-state index contributed by atoms with van der Waals surface area (Å²) in [5.74, 6) is 0.537. The Labute approximate surface area is 126 Å². The average Bonchev–Trinajstić information content (AvgIpc) is 3.04. The van der Waals surface area contributed by atoms with E-state index in [9.17, 15) is 4.79 Å². The lowest BCUT2D eigenvalue weighted by Crippen LogP contribution is -2.25. The molecule has 1 amide bonds. The Kier molecular flexibility index (Phi) is 2.89. The Bertz CT molecular complexity index is 840. The number of carbonyl (C=O) groups excluding carboxylic acids is 1. The summed E-state index contributed by atoms with van der Waals surface area (Å²) < 4.78 is 5.38. The molecule has 5 heteroatoms. The highest BCUT2D eigenvalue weighted by Gasteiger charge is 2.18. The van der Waals surface area contributed by atoms with Gasteiger partial charge in [-0.3, -0.25) is 9.89 Å². The molecule has 0 atom stereocenters. The van der Waals surface area contributed by atoms with E-state index in [1.54, 1.807) is 0 Å². The van der Waals surface area contributed by atoms with Crippen molar-refractivity contribution in [3.63, 3.8) is 0 Å². The highest BCUT2D eigenvalue weighted by atomic mass is 16.5. The number of ether oxygens (including phenoxy) is 1. The van der Waals surface area contributed by atoms with E-state index in [4.69, 9.17) is 4.74 Å². The van der Waals surface area contributed by atoms with Crippen molar-refractivity contribution in [2.24, 2.45) is 0 Å². The lowest BCUT2D eigenvalue weighted by molar-refractivity contribution is -0.118. The van der Waals surface area contributed by atoms with E-state index < -0.39 is 0 Å². The van der Waals surface area contributed by atoms with Crippen molar-refractivity contribution in [2.75, 3.05) is 11.9 Å². The Morgan fingerprint density at radius 2 is 1.91 bits per heavy atom. The van der Waals surface area contributed by atoms with Crippen LogP contribution >= 0.6 is 0 Å². The molecule has 2 N–H and O–H groups in total. The minimum atomic E-state index is -0.144. The van der Waals surface area contributed by atoms with Crippen LogP contribution in [0.15, 0.2) is 54.7 Å². The fraction of sp³-hybridized carbons (Fsp3) is 0.0588. The minimum absolute atomic E-state index is 0.0595. The van der Waals surface area contributed by atoms with Crippen molar-refractivity contribution in [2.45, 2.75) is 0 Å². The zero-order chi connectivity index (χ0) is 14.9. The van der Waals surface area contributed by atoms with E-state index in [1.807, 2.05) is 54.7 Å². The van der Waals surface area contributed by atoms with Crippen LogP contribution in [-0.4, -0.2) is 22.7 Å². The molecule has 0 saturated heterocycles. The zero-order valence-corrected chi connectivity index (χ0v) is 11.7. The maximum absolute atomic E-state index is 11.5. The van der Waals surface area contributed by atoms with Crippen LogP contribution < -0.4 is 10.1 Å². The number of anilines is 1. The smallest absolute Gasteiger partial charge is 0.262 e. The van der Waals surface area contributed by atoms with Crippen LogP contribution in [0.4, 0.5) is 5.69 Å². The van der Waals surface area contributed by atoms with Gasteiger partial charge in [0, 0.05) is 17.3 Å². The zero-order valence-electron chi connectivity index (χ0n) is 11.7. The molecule has 2 heterocycles. The SMILES string of the molecule is O=C1COc2ccc(-c3n[nH]cc3-c3ccccc3)cc2N1. The number of aromatic nitrogens is 2. The fourth-order valence-corrected chi connectivity index (χ4v) is 2.58. The lowest BCUT2D eigenvalue weighted by Gasteiger charge is -2.18. The normalized spacial score (nSPS) is 13.2. The maximum Gasteiger partial charge on any atom is 0.262 e. The first-order chi connectivity index (χ1) is 10.8. The Hall–Kier alpha value is -3.08. The second-order valence-corrected chi connectivity index (χ2v) is 5.06. The van der Waals surface area contributed by atoms with Gasteiger partial charge in [-0.05, 0) is 23.8 Å². The Morgan fingerprint density at radius 3 is 2.77 bits per heavy atom. The van der Waals surface area contributed by atoms with Crippen molar-refractivity contribution < 1.29 is 9.53 Å². The number of H-pyrrole nitrogens is 1. The molecule has 0 unspecified atom stereocenters. The van der Waals surface area contributed by atoms with E-state index in [0.29, 0.717) is 11.4 Å². The van der Waals surface area contributed by atoms with Gasteiger partial charge in [0.15, 0.2) is 6.61 Å². The van der Waals surface area contributed by atoms with Crippen LogP contribution in [0.25, 0.3) is 22.4 Å². The van der Waals surface area contributed by atoms with Gasteiger partial charge in [-0.25, -0.2) is 0 Å². The van der Waals surface area contributed by atoms with Crippen molar-refractivity contribution >= 4 is 11.6 Å². The van der Waals surface area contributed by atoms with E-state index in [-0.39, 0.29) is 12.5 Å². The van der Waals surface area contributed by atoms with E-state index in [2.05, 4.69) is 15.5 Å². The molecule has 5 nitrogen and oxygen atoms in total. The number of hydrogen-bond donors (Lipinski definition) is 2. The average molecular weight is 291 g/mol. The van der Waals surface area contributed by atoms with Gasteiger partial charge in [-0.2, -0.15) is 5.10 Å². The van der Waals surface area contributed by atoms with Gasteiger partial charge in [-0.15, -0.1) is 0 Å². The highest BCUT2D eigenvalue weighted by molar-refractivity contribution is 5.96. The number of fused-ring (bicyclic) bond motifs is 1. The van der Waals surface area contributed by atoms with Gasteiger partial charge in [0.05, 0.1) is 11.4 Å². The van der Waals surface area contributed by atoms with E-state index >= 15 is 0 Å². The molecule has 0 spiro atoms. The summed E-state index contributed by atoms with van der Waals surface area (Å²) in [4.78, 5) is 11.5. The molecule has 4 rings (SSSR count). The molecule has 108 valence electrons. The Morgan fingerprint density at radius 1 is 1.05 bits per heavy atom. The van der Waals surface area contributed by atoms with Crippen LogP contribution in [0.1, 0.15) is 0 Å². The number of carbonyl (C=O) groups is 1. The quantitative estimate of drug-likeness (QED) is 0.762. The number of nitrogens with zero attached hydrogens (tertiary/aromatic N) is 1. The summed E-state index contributed by atoms with van der Waals surface area (Å²) in [6.45, 7) is 0.0595. The molecule has 0 bridgehead atoms. The number of nitrogens with one attached hydrogen (secondary N) is 2. The van der Waals surface area contributed by atoms with Crippen molar-refractivity contribution in [3.8, 4) is 28.1 Å². The second kappa shape index (κ2) is 5.04. The molecule has 0 saturated carbocycles. The maximum atomic E-state index is 11.5. The molecular weight excluding hydrogens is 278 g/mol. The standard InChI is InChI=1S/C17H13N3O2/c21-16-10-22-15-7-6-12(8-14(15)19-16)17-13(9-18-20-17)11-4-2-1-3-5-11/h1-9H,10H2,(H,18,20)(H,19,21). The van der Waals surface area contributed by atoms with Crippen LogP contribution in [-0.2, 0) is 4.79 Å². The summed E-state index contributed by atoms with van der Waals surface area (Å²) in [6.07, 6.45) is 1.87. The molecule has 1 aliphatic rings. The van der Waals surface area contributed by atoms with Crippen molar-refractivity contribution in [1.82, 2.24) is 10.2 Å². The molecule has 0 aliphatic carbocycles. The lowest BCUT2D eigenvalue weighted by atomic mass is 10.0. The highest BCUT2D eigenvalue weighted by Crippen LogP contribution is 2.35. The number of amides is 1. The first kappa shape index (κ1) is 12.6. The summed E-state index contributed by atoms with van der Waals surface area (Å²) >= 11 is 0. The monoisotopic (exact) mass is 291 g/mol. The van der Waals surface area contributed by atoms with Gasteiger partial charge in [-0.1, -0.05) is 30.3 Å². The van der Waals surface area contributed by atoms with Crippen LogP contribution in [0.5, 0.6) is 5.75 Å². The molecule has 2 aromatic carbocycles. The third-order valence-electron chi connectivity index (χ3n) is 3.61. The number of aromatic amines is 1. The second-order valence-electron chi connectivity index (χ2n) is 5.06. The topological polar surface area (TPSA) is 67.0 Å². The van der Waals surface area contributed by atoms with E-state index in [0.717, 1.165) is 22.4 Å². The van der Waals surface area contributed by atoms with Crippen LogP contribution in [0, 0.1) is 0 Å². The molecule has 0 radical (unpaired) electrons. The van der Waals surface area contributed by atoms with Gasteiger partial charge >= 0.3 is 0 Å². The fourth-order valence-electron chi connectivity index (χ4n) is 2.58. The number of benzene rings is 2. The molecule has 3 aromatic rings. The predicted octanol–water partition coefficient (Wildman–Crippen LogP) is 3.07. The molecule has 0 fully saturated rings. The molecule has 22 heavy (non-hydrogen) atoms. The van der Waals surface area contributed by atoms with E-state index in [1.165, 1.54) is 0 Å². The molecule has 1 aliphatic heterocycles. The third kappa shape index (κ3) is 2.13. The summed E-state index contributed by atoms with van der Waals surface area (Å²) in [6, 6.07) is 15.7. The van der Waals surface area contributed by atoms with Gasteiger partial charge in [0.2, 0.25) is 0 Å². The van der Waals surface area contributed by atoms with Crippen molar-refractivity contribution in [3.05, 3.63) is 54.7 Å². The van der Waals surface area contributed by atoms with Crippen LogP contribution in [0.2, 0.25) is 0 Å². The van der Waals surface area contributed by atoms with Gasteiger partial charge in [0.1, 0.15) is 5.75 Å². The Balaban J connectivity index is 1.79. The first-order valence-electron chi connectivity index (χ1n) is 6.97. The first-order valence-corrected chi connectivity index (χ1v) is 6.97. The minimum Gasteiger partial charge on any atom is -0.482 e. The molecular formula is C17H13N3O2. The van der Waals surface area contributed by atoms with Gasteiger partial charge < -0.3 is 10.1 Å². The summed E-state index contributed by atoms with van der Waals surface area (Å²) in [5.41, 5.74) is 4.54. The third-order valence-corrected chi connectivity index (χ3v) is 3.61. The molecule has 1 aromatic heterocycles. The largest absolute Gasteiger partial charge is 0.482 e. The summed E-state index contributed by atoms with van der Waals surface area (Å²) in [7, 11) is 0. The number of hydrogen-bond acceptors (Lipinski definition) is 3.